The molecule has 0 atom stereocenters. The quantitative estimate of drug-likeness (QED) is 0.126. The summed E-state index contributed by atoms with van der Waals surface area (Å²) in [4.78, 5) is 57.6. The number of imidazole rings is 2. The van der Waals surface area contributed by atoms with Gasteiger partial charge in [0.2, 0.25) is 0 Å². The first-order valence-electron chi connectivity index (χ1n) is 21.3. The summed E-state index contributed by atoms with van der Waals surface area (Å²) in [5, 5.41) is 16.5. The molecule has 4 heterocycles. The van der Waals surface area contributed by atoms with Gasteiger partial charge >= 0.3 is 5.97 Å². The molecule has 3 saturated carbocycles. The second kappa shape index (κ2) is 15.8. The first kappa shape index (κ1) is 39.9. The number of rotatable bonds is 10. The zero-order chi connectivity index (χ0) is 41.1. The summed E-state index contributed by atoms with van der Waals surface area (Å²) in [5.74, 6) is -0.0481. The fourth-order valence-electron chi connectivity index (χ4n) is 11.0. The Balaban J connectivity index is 0.840. The van der Waals surface area contributed by atoms with E-state index in [1.54, 1.807) is 6.07 Å². The molecule has 3 fully saturated rings. The number of fused-ring (bicyclic) bond motifs is 4. The smallest absolute Gasteiger partial charge is 0.311 e. The number of benzene rings is 2. The molecule has 14 heteroatoms. The Labute approximate surface area is 350 Å². The van der Waals surface area contributed by atoms with Crippen molar-refractivity contribution in [2.45, 2.75) is 109 Å². The molecule has 0 spiro atoms. The van der Waals surface area contributed by atoms with Gasteiger partial charge in [-0.2, -0.15) is 0 Å². The lowest BCUT2D eigenvalue weighted by Gasteiger charge is -2.37. The monoisotopic (exact) mass is 822 g/mol. The zero-order valence-electron chi connectivity index (χ0n) is 34.3. The van der Waals surface area contributed by atoms with Crippen molar-refractivity contribution < 1.29 is 24.2 Å². The molecule has 9 rings (SSSR count). The fourth-order valence-corrected chi connectivity index (χ4v) is 11.2. The second-order valence-electron chi connectivity index (χ2n) is 17.9. The van der Waals surface area contributed by atoms with Crippen LogP contribution in [0.2, 0.25) is 5.02 Å². The second-order valence-corrected chi connectivity index (χ2v) is 18.2. The molecule has 0 saturated heterocycles. The lowest BCUT2D eigenvalue weighted by molar-refractivity contribution is -0.152. The van der Waals surface area contributed by atoms with Crippen molar-refractivity contribution in [3.63, 3.8) is 0 Å². The topological polar surface area (TPSA) is 158 Å². The van der Waals surface area contributed by atoms with Crippen LogP contribution in [-0.2, 0) is 42.5 Å². The van der Waals surface area contributed by atoms with E-state index in [-0.39, 0.29) is 40.5 Å². The van der Waals surface area contributed by atoms with Crippen LogP contribution < -0.4 is 10.6 Å². The van der Waals surface area contributed by atoms with Crippen molar-refractivity contribution >= 4 is 40.8 Å². The van der Waals surface area contributed by atoms with Gasteiger partial charge in [0.25, 0.3) is 11.8 Å². The number of anilines is 2. The highest BCUT2D eigenvalue weighted by atomic mass is 35.5. The van der Waals surface area contributed by atoms with Crippen LogP contribution in [0.4, 0.5) is 11.4 Å². The van der Waals surface area contributed by atoms with Crippen LogP contribution in [0.15, 0.2) is 36.4 Å². The maximum atomic E-state index is 13.8. The van der Waals surface area contributed by atoms with Crippen molar-refractivity contribution in [1.82, 2.24) is 29.3 Å². The molecule has 2 amide bonds. The molecule has 312 valence electrons. The minimum atomic E-state index is -0.365. The predicted octanol–water partition coefficient (Wildman–Crippen LogP) is 6.81. The molecule has 59 heavy (non-hydrogen) atoms. The van der Waals surface area contributed by atoms with Gasteiger partial charge in [0.05, 0.1) is 46.4 Å². The van der Waals surface area contributed by atoms with E-state index in [1.807, 2.05) is 48.9 Å². The summed E-state index contributed by atoms with van der Waals surface area (Å²) in [7, 11) is 3.41. The van der Waals surface area contributed by atoms with Gasteiger partial charge in [-0.1, -0.05) is 35.9 Å². The fraction of sp³-hybridized carbons (Fsp3) is 0.533. The normalized spacial score (nSPS) is 25.4. The number of esters is 1. The molecule has 4 aromatic rings. The van der Waals surface area contributed by atoms with E-state index in [4.69, 9.17) is 26.3 Å². The molecule has 2 aromatic carbocycles. The number of ether oxygens (including phenoxy) is 1. The number of carbonyl (C=O) groups excluding carboxylic acids is 3. The number of aliphatic hydroxyl groups excluding tert-OH is 1. The molecule has 2 bridgehead atoms. The van der Waals surface area contributed by atoms with Crippen LogP contribution in [0.5, 0.6) is 0 Å². The van der Waals surface area contributed by atoms with Gasteiger partial charge in [0.1, 0.15) is 0 Å². The van der Waals surface area contributed by atoms with E-state index in [0.717, 1.165) is 136 Å². The predicted molar refractivity (Wildman–Crippen MR) is 225 cm³/mol. The van der Waals surface area contributed by atoms with Crippen LogP contribution in [0, 0.1) is 17.8 Å². The van der Waals surface area contributed by atoms with Gasteiger partial charge in [-0.25, -0.2) is 9.97 Å². The molecule has 0 unspecified atom stereocenters. The third kappa shape index (κ3) is 7.49. The van der Waals surface area contributed by atoms with E-state index in [9.17, 15) is 19.5 Å². The van der Waals surface area contributed by atoms with E-state index in [2.05, 4.69) is 25.4 Å². The van der Waals surface area contributed by atoms with E-state index in [1.165, 1.54) is 7.11 Å². The highest BCUT2D eigenvalue weighted by molar-refractivity contribution is 6.36. The molecule has 2 aromatic heterocycles. The average Bonchev–Trinajstić information content (AvgIpc) is 4.03. The summed E-state index contributed by atoms with van der Waals surface area (Å²) in [6, 6.07) is 11.7. The maximum Gasteiger partial charge on any atom is 0.311 e. The molecule has 3 aliphatic carbocycles. The number of nitrogens with zero attached hydrogens (tertiary/aromatic N) is 5. The number of amides is 2. The lowest BCUT2D eigenvalue weighted by atomic mass is 9.80. The molecular weight excluding hydrogens is 768 g/mol. The minimum absolute atomic E-state index is 0.0361. The van der Waals surface area contributed by atoms with E-state index < -0.39 is 0 Å². The summed E-state index contributed by atoms with van der Waals surface area (Å²) in [6.45, 7) is 6.09. The number of nitrogens with one attached hydrogen (secondary N) is 3. The van der Waals surface area contributed by atoms with Crippen LogP contribution in [0.3, 0.4) is 0 Å². The van der Waals surface area contributed by atoms with Crippen molar-refractivity contribution in [3.8, 4) is 11.1 Å². The third-order valence-corrected chi connectivity index (χ3v) is 14.9. The minimum Gasteiger partial charge on any atom is -0.469 e. The zero-order valence-corrected chi connectivity index (χ0v) is 35.1. The molecular formula is C45H55ClN8O5. The van der Waals surface area contributed by atoms with E-state index in [0.29, 0.717) is 41.4 Å². The summed E-state index contributed by atoms with van der Waals surface area (Å²) in [6.07, 6.45) is 11.1. The van der Waals surface area contributed by atoms with Crippen molar-refractivity contribution in [3.05, 3.63) is 81.4 Å². The Bertz CT molecular complexity index is 2280. The molecule has 5 aliphatic rings. The first-order chi connectivity index (χ1) is 28.4. The number of aromatic nitrogens is 4. The molecule has 4 N–H and O–H groups in total. The van der Waals surface area contributed by atoms with Gasteiger partial charge in [0.15, 0.2) is 11.6 Å². The largest absolute Gasteiger partial charge is 0.469 e. The van der Waals surface area contributed by atoms with Crippen LogP contribution in [0.1, 0.15) is 114 Å². The lowest BCUT2D eigenvalue weighted by Crippen LogP contribution is -2.42. The number of hydrogen-bond acceptors (Lipinski definition) is 9. The van der Waals surface area contributed by atoms with Crippen LogP contribution in [0.25, 0.3) is 11.1 Å². The number of methoxy groups -OCH3 is 1. The highest BCUT2D eigenvalue weighted by Gasteiger charge is 2.58. The first-order valence-corrected chi connectivity index (χ1v) is 21.7. The standard InChI is InChI=1S/C45H55ClN8O5/c1-27-30(6-4-8-32(27)50-42(57)40-49-36-25-54(22-15-37(36)52(40)2)28-10-12-29(55)13-11-28)31-7-5-9-34(38(31)46)51-41(56)39-47-33-14-21-53(24-35(33)48-39)23-20-44-16-18-45(26-44,19-17-44)43(58)59-3/h4-9,28-29,55H,10-26H2,1-3H3,(H,47,48)(H,50,57)(H,51,56). The number of hydrogen-bond donors (Lipinski definition) is 4. The van der Waals surface area contributed by atoms with Crippen molar-refractivity contribution in [1.29, 1.82) is 0 Å². The Morgan fingerprint density at radius 3 is 2.41 bits per heavy atom. The Hall–Kier alpha value is -4.56. The Morgan fingerprint density at radius 2 is 1.64 bits per heavy atom. The van der Waals surface area contributed by atoms with Crippen LogP contribution >= 0.6 is 11.6 Å². The van der Waals surface area contributed by atoms with Gasteiger partial charge in [-0.05, 0) is 106 Å². The average molecular weight is 823 g/mol. The SMILES string of the molecule is COC(=O)C12CCC(CCN3CCc4nc(C(=O)Nc5cccc(-c6cccc(NC(=O)c7nc8c(n7C)CCN(C7CCC(O)CC7)C8)c6C)c5Cl)[nH]c4C3)(CC1)C2. The van der Waals surface area contributed by atoms with E-state index >= 15 is 0 Å². The molecule has 0 radical (unpaired) electrons. The molecule has 13 nitrogen and oxygen atoms in total. The van der Waals surface area contributed by atoms with Gasteiger partial charge in [-0.3, -0.25) is 24.2 Å². The maximum absolute atomic E-state index is 13.8. The Kier molecular flexibility index (Phi) is 10.7. The number of carbonyl (C=O) groups is 3. The number of aromatic amines is 1. The summed E-state index contributed by atoms with van der Waals surface area (Å²) >= 11 is 7.03. The highest BCUT2D eigenvalue weighted by Crippen LogP contribution is 2.63. The Morgan fingerprint density at radius 1 is 0.915 bits per heavy atom. The number of aliphatic hydroxyl groups is 1. The van der Waals surface area contributed by atoms with Gasteiger partial charge < -0.3 is 30.0 Å². The molecule has 2 aliphatic heterocycles. The summed E-state index contributed by atoms with van der Waals surface area (Å²) < 4.78 is 7.09. The number of H-pyrrole nitrogens is 1. The van der Waals surface area contributed by atoms with Crippen molar-refractivity contribution in [2.24, 2.45) is 17.9 Å². The number of halogens is 1. The van der Waals surface area contributed by atoms with Crippen LogP contribution in [-0.4, -0.2) is 91.1 Å². The summed E-state index contributed by atoms with van der Waals surface area (Å²) in [5.41, 5.74) is 7.37. The van der Waals surface area contributed by atoms with Crippen molar-refractivity contribution in [2.75, 3.05) is 37.4 Å². The third-order valence-electron chi connectivity index (χ3n) is 14.5. The van der Waals surface area contributed by atoms with Gasteiger partial charge in [-0.15, -0.1) is 0 Å². The van der Waals surface area contributed by atoms with Gasteiger partial charge in [0, 0.05) is 69.1 Å².